The Morgan fingerprint density at radius 2 is 1.31 bits per heavy atom. The van der Waals surface area contributed by atoms with Gasteiger partial charge in [-0.2, -0.15) is 0 Å². The Labute approximate surface area is 189 Å². The molecule has 0 heterocycles. The molecule has 0 aliphatic heterocycles. The van der Waals surface area contributed by atoms with E-state index >= 15 is 0 Å². The molecule has 4 aromatic rings. The van der Waals surface area contributed by atoms with Gasteiger partial charge in [0, 0.05) is 24.0 Å². The summed E-state index contributed by atoms with van der Waals surface area (Å²) < 4.78 is 11.2. The number of nitrogens with one attached hydrogen (secondary N) is 2. The maximum absolute atomic E-state index is 6.04. The van der Waals surface area contributed by atoms with Gasteiger partial charge in [0.15, 0.2) is 0 Å². The highest BCUT2D eigenvalue weighted by Gasteiger charge is 2.01. The Balaban J connectivity index is 1.25. The fourth-order valence-electron chi connectivity index (χ4n) is 3.39. The highest BCUT2D eigenvalue weighted by atomic mass is 16.5. The number of rotatable bonds is 10. The van der Waals surface area contributed by atoms with E-state index in [1.54, 1.807) is 7.11 Å². The minimum atomic E-state index is 0.802. The first-order valence-electron chi connectivity index (χ1n) is 10.8. The van der Waals surface area contributed by atoms with E-state index in [-0.39, 0.29) is 0 Å². The summed E-state index contributed by atoms with van der Waals surface area (Å²) in [6.45, 7) is 1.75. The van der Waals surface area contributed by atoms with Gasteiger partial charge in [0.05, 0.1) is 7.11 Å². The summed E-state index contributed by atoms with van der Waals surface area (Å²) >= 11 is 0. The van der Waals surface area contributed by atoms with E-state index in [2.05, 4.69) is 34.9 Å². The molecular formula is C28H28N2O2. The van der Waals surface area contributed by atoms with Gasteiger partial charge in [0.2, 0.25) is 0 Å². The monoisotopic (exact) mass is 424 g/mol. The number of ether oxygens (including phenoxy) is 2. The largest absolute Gasteiger partial charge is 0.497 e. The third-order valence-corrected chi connectivity index (χ3v) is 5.13. The number of methoxy groups -OCH3 is 1. The van der Waals surface area contributed by atoms with Gasteiger partial charge in [0.25, 0.3) is 0 Å². The van der Waals surface area contributed by atoms with Gasteiger partial charge in [-0.25, -0.2) is 0 Å². The molecule has 0 aliphatic rings. The van der Waals surface area contributed by atoms with Gasteiger partial charge >= 0.3 is 0 Å². The fourth-order valence-corrected chi connectivity index (χ4v) is 3.39. The van der Waals surface area contributed by atoms with Crippen LogP contribution >= 0.6 is 0 Å². The molecule has 0 bridgehead atoms. The van der Waals surface area contributed by atoms with Gasteiger partial charge in [-0.1, -0.05) is 48.5 Å². The summed E-state index contributed by atoms with van der Waals surface area (Å²) in [4.78, 5) is 0. The van der Waals surface area contributed by atoms with Crippen LogP contribution in [-0.2, 0) is 13.0 Å². The van der Waals surface area contributed by atoms with Crippen LogP contribution in [0.5, 0.6) is 17.2 Å². The first-order valence-corrected chi connectivity index (χ1v) is 10.8. The topological polar surface area (TPSA) is 42.5 Å². The van der Waals surface area contributed by atoms with E-state index in [9.17, 15) is 0 Å². The van der Waals surface area contributed by atoms with Crippen molar-refractivity contribution in [3.63, 3.8) is 0 Å². The standard InChI is InChI=1S/C28H28N2O2/c1-31-26-14-10-22(11-15-26)18-19-29-21-23-12-16-27(17-13-23)32-28-9-5-8-25(20-28)30-24-6-3-2-4-7-24/h2-17,20,29-30H,18-19,21H2,1H3. The van der Waals surface area contributed by atoms with Gasteiger partial charge in [-0.15, -0.1) is 0 Å². The molecule has 4 aromatic carbocycles. The Hall–Kier alpha value is -3.76. The average molecular weight is 425 g/mol. The third-order valence-electron chi connectivity index (χ3n) is 5.13. The minimum Gasteiger partial charge on any atom is -0.497 e. The molecule has 0 saturated carbocycles. The molecule has 0 fully saturated rings. The number of para-hydroxylation sites is 1. The molecule has 0 amide bonds. The molecule has 4 rings (SSSR count). The second kappa shape index (κ2) is 11.0. The summed E-state index contributed by atoms with van der Waals surface area (Å²) in [5.41, 5.74) is 4.57. The lowest BCUT2D eigenvalue weighted by Gasteiger charge is -2.10. The lowest BCUT2D eigenvalue weighted by atomic mass is 10.1. The van der Waals surface area contributed by atoms with E-state index in [1.165, 1.54) is 11.1 Å². The van der Waals surface area contributed by atoms with Crippen molar-refractivity contribution in [2.45, 2.75) is 13.0 Å². The van der Waals surface area contributed by atoms with E-state index in [4.69, 9.17) is 9.47 Å². The molecule has 2 N–H and O–H groups in total. The normalized spacial score (nSPS) is 10.5. The highest BCUT2D eigenvalue weighted by Crippen LogP contribution is 2.26. The molecule has 0 unspecified atom stereocenters. The first kappa shape index (κ1) is 21.5. The van der Waals surface area contributed by atoms with Crippen molar-refractivity contribution in [3.05, 3.63) is 114 Å². The molecule has 4 nitrogen and oxygen atoms in total. The summed E-state index contributed by atoms with van der Waals surface area (Å²) in [5, 5.41) is 6.89. The molecule has 0 aromatic heterocycles. The van der Waals surface area contributed by atoms with Crippen molar-refractivity contribution in [1.82, 2.24) is 5.32 Å². The summed E-state index contributed by atoms with van der Waals surface area (Å²) in [5.74, 6) is 2.52. The average Bonchev–Trinajstić information content (AvgIpc) is 2.84. The molecule has 0 radical (unpaired) electrons. The van der Waals surface area contributed by atoms with Crippen LogP contribution in [0.25, 0.3) is 0 Å². The van der Waals surface area contributed by atoms with Crippen LogP contribution in [0.15, 0.2) is 103 Å². The van der Waals surface area contributed by atoms with Gasteiger partial charge in [0.1, 0.15) is 17.2 Å². The number of hydrogen-bond donors (Lipinski definition) is 2. The molecule has 0 aliphatic carbocycles. The van der Waals surface area contributed by atoms with Crippen LogP contribution in [0.2, 0.25) is 0 Å². The highest BCUT2D eigenvalue weighted by molar-refractivity contribution is 5.61. The smallest absolute Gasteiger partial charge is 0.129 e. The zero-order valence-electron chi connectivity index (χ0n) is 18.3. The Kier molecular flexibility index (Phi) is 7.40. The van der Waals surface area contributed by atoms with Crippen LogP contribution < -0.4 is 20.1 Å². The maximum atomic E-state index is 6.04. The summed E-state index contributed by atoms with van der Waals surface area (Å²) in [7, 11) is 1.69. The van der Waals surface area contributed by atoms with Gasteiger partial charge in [-0.05, 0) is 72.6 Å². The Morgan fingerprint density at radius 1 is 0.625 bits per heavy atom. The van der Waals surface area contributed by atoms with E-state index in [0.29, 0.717) is 0 Å². The molecule has 162 valence electrons. The van der Waals surface area contributed by atoms with Crippen molar-refractivity contribution >= 4 is 11.4 Å². The van der Waals surface area contributed by atoms with Crippen LogP contribution in [-0.4, -0.2) is 13.7 Å². The quantitative estimate of drug-likeness (QED) is 0.283. The summed E-state index contributed by atoms with van der Waals surface area (Å²) in [6.07, 6.45) is 0.985. The van der Waals surface area contributed by atoms with E-state index in [1.807, 2.05) is 78.9 Å². The van der Waals surface area contributed by atoms with E-state index in [0.717, 1.165) is 48.1 Å². The fraction of sp³-hybridized carbons (Fsp3) is 0.143. The molecule has 0 saturated heterocycles. The zero-order chi connectivity index (χ0) is 22.0. The second-order valence-corrected chi connectivity index (χ2v) is 7.54. The minimum absolute atomic E-state index is 0.802. The van der Waals surface area contributed by atoms with Crippen LogP contribution in [0, 0.1) is 0 Å². The van der Waals surface area contributed by atoms with Gasteiger partial charge in [-0.3, -0.25) is 0 Å². The second-order valence-electron chi connectivity index (χ2n) is 7.54. The Bertz CT molecular complexity index is 1090. The van der Waals surface area contributed by atoms with E-state index < -0.39 is 0 Å². The molecule has 0 atom stereocenters. The lowest BCUT2D eigenvalue weighted by molar-refractivity contribution is 0.414. The lowest BCUT2D eigenvalue weighted by Crippen LogP contribution is -2.16. The molecule has 32 heavy (non-hydrogen) atoms. The molecule has 4 heteroatoms. The predicted octanol–water partition coefficient (Wildman–Crippen LogP) is 6.56. The number of benzene rings is 4. The van der Waals surface area contributed by atoms with Crippen molar-refractivity contribution in [3.8, 4) is 17.2 Å². The molecular weight excluding hydrogens is 396 g/mol. The zero-order valence-corrected chi connectivity index (χ0v) is 18.3. The first-order chi connectivity index (χ1) is 15.8. The van der Waals surface area contributed by atoms with Crippen LogP contribution in [0.3, 0.4) is 0 Å². The number of anilines is 2. The van der Waals surface area contributed by atoms with Crippen molar-refractivity contribution in [2.24, 2.45) is 0 Å². The molecule has 0 spiro atoms. The van der Waals surface area contributed by atoms with Crippen LogP contribution in [0.1, 0.15) is 11.1 Å². The van der Waals surface area contributed by atoms with Crippen molar-refractivity contribution in [1.29, 1.82) is 0 Å². The Morgan fingerprint density at radius 3 is 2.06 bits per heavy atom. The third kappa shape index (κ3) is 6.37. The SMILES string of the molecule is COc1ccc(CCNCc2ccc(Oc3cccc(Nc4ccccc4)c3)cc2)cc1. The predicted molar refractivity (Wildman–Crippen MR) is 131 cm³/mol. The van der Waals surface area contributed by atoms with Crippen molar-refractivity contribution < 1.29 is 9.47 Å². The summed E-state index contributed by atoms with van der Waals surface area (Å²) in [6, 6.07) is 34.5. The van der Waals surface area contributed by atoms with Crippen molar-refractivity contribution in [2.75, 3.05) is 19.0 Å². The van der Waals surface area contributed by atoms with Crippen LogP contribution in [0.4, 0.5) is 11.4 Å². The number of hydrogen-bond acceptors (Lipinski definition) is 4. The van der Waals surface area contributed by atoms with Gasteiger partial charge < -0.3 is 20.1 Å². The maximum Gasteiger partial charge on any atom is 0.129 e.